The highest BCUT2D eigenvalue weighted by Gasteiger charge is 2.22. The van der Waals surface area contributed by atoms with Crippen molar-refractivity contribution in [3.8, 4) is 0 Å². The summed E-state index contributed by atoms with van der Waals surface area (Å²) in [5, 5.41) is 1.01. The van der Waals surface area contributed by atoms with Gasteiger partial charge in [-0.1, -0.05) is 72.4 Å². The minimum absolute atomic E-state index is 0.186. The molecule has 0 N–H and O–H groups in total. The first kappa shape index (κ1) is 11.4. The molecule has 2 aromatic carbocycles. The lowest BCUT2D eigenvalue weighted by Crippen LogP contribution is -1.97. The van der Waals surface area contributed by atoms with Crippen LogP contribution in [0.4, 0.5) is 0 Å². The maximum atomic E-state index is 5.98. The fraction of sp³-hybridized carbons (Fsp3) is 0.125. The Bertz CT molecular complexity index is 534. The molecular formula is C16H14OS. The van der Waals surface area contributed by atoms with Crippen LogP contribution in [0.2, 0.25) is 0 Å². The highest BCUT2D eigenvalue weighted by Crippen LogP contribution is 2.38. The molecule has 1 atom stereocenters. The number of rotatable bonds is 2. The van der Waals surface area contributed by atoms with Crippen LogP contribution in [0, 0.1) is 0 Å². The Morgan fingerprint density at radius 2 is 1.61 bits per heavy atom. The molecule has 2 aromatic rings. The second-order valence-corrected chi connectivity index (χ2v) is 5.23. The summed E-state index contributed by atoms with van der Waals surface area (Å²) < 4.78 is 5.98. The van der Waals surface area contributed by atoms with Crippen molar-refractivity contribution in [3.05, 3.63) is 76.9 Å². The summed E-state index contributed by atoms with van der Waals surface area (Å²) in [7, 11) is 0. The molecule has 0 radical (unpaired) electrons. The van der Waals surface area contributed by atoms with Crippen LogP contribution in [0.15, 0.2) is 65.8 Å². The van der Waals surface area contributed by atoms with Crippen LogP contribution in [-0.2, 0) is 4.74 Å². The summed E-state index contributed by atoms with van der Waals surface area (Å²) in [5.74, 6) is 0.989. The van der Waals surface area contributed by atoms with E-state index in [1.807, 2.05) is 24.3 Å². The van der Waals surface area contributed by atoms with Gasteiger partial charge in [-0.2, -0.15) is 0 Å². The molecule has 1 heterocycles. The molecule has 1 fully saturated rings. The molecule has 1 aliphatic rings. The Balaban J connectivity index is 1.74. The van der Waals surface area contributed by atoms with Crippen molar-refractivity contribution < 1.29 is 4.74 Å². The zero-order valence-electron chi connectivity index (χ0n) is 9.95. The Morgan fingerprint density at radius 3 is 2.33 bits per heavy atom. The van der Waals surface area contributed by atoms with Gasteiger partial charge in [0, 0.05) is 5.75 Å². The average molecular weight is 254 g/mol. The molecule has 1 nitrogen and oxygen atoms in total. The van der Waals surface area contributed by atoms with E-state index in [1.165, 1.54) is 11.1 Å². The molecule has 0 spiro atoms. The SMILES string of the molecule is C(=C1/OC(c2ccccc2)CS1)/c1ccccc1. The lowest BCUT2D eigenvalue weighted by molar-refractivity contribution is 0.175. The van der Waals surface area contributed by atoms with Crippen molar-refractivity contribution in [2.75, 3.05) is 5.75 Å². The van der Waals surface area contributed by atoms with E-state index in [1.54, 1.807) is 11.8 Å². The molecule has 90 valence electrons. The highest BCUT2D eigenvalue weighted by molar-refractivity contribution is 8.03. The van der Waals surface area contributed by atoms with E-state index in [4.69, 9.17) is 4.74 Å². The molecule has 18 heavy (non-hydrogen) atoms. The van der Waals surface area contributed by atoms with Gasteiger partial charge < -0.3 is 4.74 Å². The molecule has 0 amide bonds. The van der Waals surface area contributed by atoms with Crippen molar-refractivity contribution in [3.63, 3.8) is 0 Å². The molecule has 1 aliphatic heterocycles. The maximum Gasteiger partial charge on any atom is 0.154 e. The lowest BCUT2D eigenvalue weighted by Gasteiger charge is -2.09. The Morgan fingerprint density at radius 1 is 0.944 bits per heavy atom. The molecule has 2 heteroatoms. The van der Waals surface area contributed by atoms with Crippen LogP contribution in [0.25, 0.3) is 6.08 Å². The maximum absolute atomic E-state index is 5.98. The van der Waals surface area contributed by atoms with Gasteiger partial charge in [0.25, 0.3) is 0 Å². The first-order valence-corrected chi connectivity index (χ1v) is 7.01. The molecule has 3 rings (SSSR count). The van der Waals surface area contributed by atoms with E-state index in [2.05, 4.69) is 42.5 Å². The third-order valence-corrected chi connectivity index (χ3v) is 3.86. The third kappa shape index (κ3) is 2.59. The Kier molecular flexibility index (Phi) is 3.37. The number of hydrogen-bond acceptors (Lipinski definition) is 2. The fourth-order valence-corrected chi connectivity index (χ4v) is 2.94. The Labute approximate surface area is 111 Å². The van der Waals surface area contributed by atoms with Crippen molar-refractivity contribution in [2.24, 2.45) is 0 Å². The first-order valence-electron chi connectivity index (χ1n) is 6.03. The standard InChI is InChI=1S/C16H14OS/c1-3-7-13(8-4-1)11-16-17-15(12-18-16)14-9-5-2-6-10-14/h1-11,15H,12H2/b16-11+. The summed E-state index contributed by atoms with van der Waals surface area (Å²) in [6.45, 7) is 0. The minimum atomic E-state index is 0.186. The molecule has 0 aliphatic carbocycles. The van der Waals surface area contributed by atoms with E-state index in [0.29, 0.717) is 0 Å². The van der Waals surface area contributed by atoms with Gasteiger partial charge in [0.05, 0.1) is 0 Å². The van der Waals surface area contributed by atoms with Crippen LogP contribution in [0.3, 0.4) is 0 Å². The van der Waals surface area contributed by atoms with Crippen LogP contribution < -0.4 is 0 Å². The topological polar surface area (TPSA) is 9.23 Å². The molecular weight excluding hydrogens is 240 g/mol. The van der Waals surface area contributed by atoms with Crippen LogP contribution in [0.5, 0.6) is 0 Å². The normalized spacial score (nSPS) is 20.9. The van der Waals surface area contributed by atoms with Crippen LogP contribution >= 0.6 is 11.8 Å². The largest absolute Gasteiger partial charge is 0.479 e. The summed E-state index contributed by atoms with van der Waals surface area (Å²) in [5.41, 5.74) is 2.44. The minimum Gasteiger partial charge on any atom is -0.479 e. The molecule has 1 saturated heterocycles. The van der Waals surface area contributed by atoms with Crippen molar-refractivity contribution in [1.82, 2.24) is 0 Å². The number of benzene rings is 2. The van der Waals surface area contributed by atoms with Crippen LogP contribution in [0.1, 0.15) is 17.2 Å². The second kappa shape index (κ2) is 5.32. The van der Waals surface area contributed by atoms with Crippen molar-refractivity contribution >= 4 is 17.8 Å². The number of ether oxygens (including phenoxy) is 1. The van der Waals surface area contributed by atoms with E-state index in [0.717, 1.165) is 10.8 Å². The predicted octanol–water partition coefficient (Wildman–Crippen LogP) is 4.49. The Hall–Kier alpha value is -1.67. The van der Waals surface area contributed by atoms with Crippen molar-refractivity contribution in [1.29, 1.82) is 0 Å². The number of hydrogen-bond donors (Lipinski definition) is 0. The van der Waals surface area contributed by atoms with Gasteiger partial charge in [0.2, 0.25) is 0 Å². The summed E-state index contributed by atoms with van der Waals surface area (Å²) in [6.07, 6.45) is 2.29. The van der Waals surface area contributed by atoms with E-state index < -0.39 is 0 Å². The third-order valence-electron chi connectivity index (χ3n) is 2.89. The monoisotopic (exact) mass is 254 g/mol. The fourth-order valence-electron chi connectivity index (χ4n) is 1.96. The van der Waals surface area contributed by atoms with Crippen molar-refractivity contribution in [2.45, 2.75) is 6.10 Å². The van der Waals surface area contributed by atoms with E-state index in [9.17, 15) is 0 Å². The predicted molar refractivity (Wildman–Crippen MR) is 77.1 cm³/mol. The molecule has 0 bridgehead atoms. The quantitative estimate of drug-likeness (QED) is 0.781. The summed E-state index contributed by atoms with van der Waals surface area (Å²) in [4.78, 5) is 0. The number of thioether (sulfide) groups is 1. The smallest absolute Gasteiger partial charge is 0.154 e. The first-order chi connectivity index (χ1) is 8.92. The average Bonchev–Trinajstić information content (AvgIpc) is 2.89. The van der Waals surface area contributed by atoms with Gasteiger partial charge in [-0.25, -0.2) is 0 Å². The van der Waals surface area contributed by atoms with Gasteiger partial charge in [0.15, 0.2) is 5.09 Å². The summed E-state index contributed by atoms with van der Waals surface area (Å²) >= 11 is 1.78. The zero-order chi connectivity index (χ0) is 12.2. The second-order valence-electron chi connectivity index (χ2n) is 4.20. The van der Waals surface area contributed by atoms with Crippen LogP contribution in [-0.4, -0.2) is 5.75 Å². The summed E-state index contributed by atoms with van der Waals surface area (Å²) in [6, 6.07) is 20.7. The highest BCUT2D eigenvalue weighted by atomic mass is 32.2. The lowest BCUT2D eigenvalue weighted by atomic mass is 10.1. The van der Waals surface area contributed by atoms with E-state index in [-0.39, 0.29) is 6.10 Å². The van der Waals surface area contributed by atoms with Gasteiger partial charge in [-0.15, -0.1) is 0 Å². The van der Waals surface area contributed by atoms with Gasteiger partial charge in [-0.3, -0.25) is 0 Å². The molecule has 0 saturated carbocycles. The van der Waals surface area contributed by atoms with E-state index >= 15 is 0 Å². The molecule has 1 unspecified atom stereocenters. The molecule has 0 aromatic heterocycles. The zero-order valence-corrected chi connectivity index (χ0v) is 10.8. The van der Waals surface area contributed by atoms with Gasteiger partial charge in [-0.05, 0) is 17.2 Å². The van der Waals surface area contributed by atoms with Gasteiger partial charge in [0.1, 0.15) is 6.10 Å². The van der Waals surface area contributed by atoms with Gasteiger partial charge >= 0.3 is 0 Å².